The fraction of sp³-hybridized carbons (Fsp3) is 0.462. The number of carbonyl (C=O) groups is 1. The summed E-state index contributed by atoms with van der Waals surface area (Å²) in [5.74, 6) is 0. The van der Waals surface area contributed by atoms with E-state index in [1.165, 1.54) is 0 Å². The Morgan fingerprint density at radius 3 is 2.94 bits per heavy atom. The van der Waals surface area contributed by atoms with Gasteiger partial charge in [0, 0.05) is 16.6 Å². The van der Waals surface area contributed by atoms with Crippen molar-refractivity contribution < 1.29 is 4.79 Å². The predicted molar refractivity (Wildman–Crippen MR) is 70.6 cm³/mol. The van der Waals surface area contributed by atoms with Gasteiger partial charge in [-0.1, -0.05) is 29.6 Å². The summed E-state index contributed by atoms with van der Waals surface area (Å²) in [5.41, 5.74) is 0.993. The highest BCUT2D eigenvalue weighted by Gasteiger charge is 2.22. The Hall–Kier alpha value is -0.570. The van der Waals surface area contributed by atoms with Crippen LogP contribution >= 0.6 is 23.2 Å². The summed E-state index contributed by atoms with van der Waals surface area (Å²) >= 11 is 12.1. The number of hydrogen-bond acceptors (Lipinski definition) is 2. The van der Waals surface area contributed by atoms with E-state index < -0.39 is 0 Å². The number of benzene rings is 1. The van der Waals surface area contributed by atoms with E-state index in [4.69, 9.17) is 23.2 Å². The predicted octanol–water partition coefficient (Wildman–Crippen LogP) is 3.55. The van der Waals surface area contributed by atoms with Crippen LogP contribution in [0.4, 0.5) is 0 Å². The molecular weight excluding hydrogens is 257 g/mol. The van der Waals surface area contributed by atoms with Gasteiger partial charge in [0.1, 0.15) is 6.29 Å². The van der Waals surface area contributed by atoms with Crippen molar-refractivity contribution in [3.05, 3.63) is 33.8 Å². The molecule has 1 fully saturated rings. The lowest BCUT2D eigenvalue weighted by Gasteiger charge is -2.32. The molecule has 1 aromatic carbocycles. The molecule has 17 heavy (non-hydrogen) atoms. The summed E-state index contributed by atoms with van der Waals surface area (Å²) < 4.78 is 0. The fourth-order valence-electron chi connectivity index (χ4n) is 2.25. The third-order valence-electron chi connectivity index (χ3n) is 3.20. The highest BCUT2D eigenvalue weighted by molar-refractivity contribution is 6.33. The Morgan fingerprint density at radius 1 is 1.35 bits per heavy atom. The zero-order valence-corrected chi connectivity index (χ0v) is 11.0. The number of rotatable bonds is 3. The van der Waals surface area contributed by atoms with E-state index in [1.54, 1.807) is 12.1 Å². The van der Waals surface area contributed by atoms with Gasteiger partial charge in [-0.15, -0.1) is 0 Å². The summed E-state index contributed by atoms with van der Waals surface area (Å²) in [7, 11) is 0. The molecule has 0 spiro atoms. The zero-order chi connectivity index (χ0) is 12.3. The van der Waals surface area contributed by atoms with Crippen LogP contribution in [0.2, 0.25) is 10.0 Å². The molecule has 0 aliphatic carbocycles. The van der Waals surface area contributed by atoms with Gasteiger partial charge in [-0.2, -0.15) is 0 Å². The molecule has 1 unspecified atom stereocenters. The average Bonchev–Trinajstić information content (AvgIpc) is 2.34. The molecule has 2 rings (SSSR count). The van der Waals surface area contributed by atoms with Crippen molar-refractivity contribution in [2.24, 2.45) is 0 Å². The van der Waals surface area contributed by atoms with Gasteiger partial charge >= 0.3 is 0 Å². The normalized spacial score (nSPS) is 21.4. The monoisotopic (exact) mass is 271 g/mol. The van der Waals surface area contributed by atoms with Gasteiger partial charge < -0.3 is 4.79 Å². The molecule has 4 heteroatoms. The number of halogens is 2. The van der Waals surface area contributed by atoms with Crippen LogP contribution < -0.4 is 0 Å². The Balaban J connectivity index is 2.13. The fourth-order valence-corrected chi connectivity index (χ4v) is 2.62. The van der Waals surface area contributed by atoms with Gasteiger partial charge in [0.2, 0.25) is 0 Å². The smallest absolute Gasteiger partial charge is 0.137 e. The maximum Gasteiger partial charge on any atom is 0.137 e. The molecule has 0 saturated carbocycles. The van der Waals surface area contributed by atoms with E-state index in [-0.39, 0.29) is 6.04 Å². The zero-order valence-electron chi connectivity index (χ0n) is 9.53. The van der Waals surface area contributed by atoms with Crippen LogP contribution in [0.25, 0.3) is 0 Å². The lowest BCUT2D eigenvalue weighted by atomic mass is 10.0. The van der Waals surface area contributed by atoms with Crippen molar-refractivity contribution >= 4 is 29.5 Å². The van der Waals surface area contributed by atoms with E-state index in [0.717, 1.165) is 37.7 Å². The van der Waals surface area contributed by atoms with Gasteiger partial charge in [0.05, 0.1) is 6.04 Å². The van der Waals surface area contributed by atoms with E-state index in [0.29, 0.717) is 16.6 Å². The second kappa shape index (κ2) is 5.85. The number of piperidine rings is 1. The molecule has 0 amide bonds. The molecule has 1 heterocycles. The molecule has 0 aromatic heterocycles. The third kappa shape index (κ3) is 3.21. The Kier molecular flexibility index (Phi) is 4.43. The molecule has 92 valence electrons. The van der Waals surface area contributed by atoms with Crippen LogP contribution in [0.3, 0.4) is 0 Å². The van der Waals surface area contributed by atoms with Crippen molar-refractivity contribution in [2.75, 3.05) is 6.54 Å². The Labute approximate surface area is 112 Å². The molecular formula is C13H15Cl2NO. The van der Waals surface area contributed by atoms with Crippen molar-refractivity contribution in [3.8, 4) is 0 Å². The van der Waals surface area contributed by atoms with Crippen LogP contribution in [0, 0.1) is 0 Å². The standard InChI is InChI=1S/C13H15Cl2NO/c14-11-4-5-13(15)10(7-11)8-16-6-2-1-3-12(16)9-17/h4-5,7,9,12H,1-3,6,8H2. The summed E-state index contributed by atoms with van der Waals surface area (Å²) in [6.45, 7) is 1.65. The first kappa shape index (κ1) is 12.9. The van der Waals surface area contributed by atoms with Gasteiger partial charge in [0.25, 0.3) is 0 Å². The minimum absolute atomic E-state index is 0.0267. The van der Waals surface area contributed by atoms with Crippen molar-refractivity contribution in [1.82, 2.24) is 4.90 Å². The summed E-state index contributed by atoms with van der Waals surface area (Å²) in [4.78, 5) is 13.2. The summed E-state index contributed by atoms with van der Waals surface area (Å²) in [6, 6.07) is 5.49. The van der Waals surface area contributed by atoms with E-state index >= 15 is 0 Å². The molecule has 1 aliphatic rings. The molecule has 1 saturated heterocycles. The van der Waals surface area contributed by atoms with Crippen LogP contribution in [-0.4, -0.2) is 23.8 Å². The number of nitrogens with zero attached hydrogens (tertiary/aromatic N) is 1. The molecule has 0 N–H and O–H groups in total. The Morgan fingerprint density at radius 2 is 2.18 bits per heavy atom. The second-order valence-corrected chi connectivity index (χ2v) is 5.25. The number of aldehydes is 1. The van der Waals surface area contributed by atoms with E-state index in [2.05, 4.69) is 4.90 Å². The number of carbonyl (C=O) groups excluding carboxylic acids is 1. The largest absolute Gasteiger partial charge is 0.302 e. The first-order valence-corrected chi connectivity index (χ1v) is 6.59. The van der Waals surface area contributed by atoms with Gasteiger partial charge in [-0.05, 0) is 43.1 Å². The summed E-state index contributed by atoms with van der Waals surface area (Å²) in [5, 5.41) is 1.40. The molecule has 0 radical (unpaired) electrons. The second-order valence-electron chi connectivity index (χ2n) is 4.41. The SMILES string of the molecule is O=CC1CCCCN1Cc1cc(Cl)ccc1Cl. The van der Waals surface area contributed by atoms with Gasteiger partial charge in [-0.25, -0.2) is 0 Å². The van der Waals surface area contributed by atoms with Crippen molar-refractivity contribution in [3.63, 3.8) is 0 Å². The first-order valence-electron chi connectivity index (χ1n) is 5.84. The topological polar surface area (TPSA) is 20.3 Å². The maximum absolute atomic E-state index is 11.0. The van der Waals surface area contributed by atoms with Crippen LogP contribution in [0.15, 0.2) is 18.2 Å². The number of hydrogen-bond donors (Lipinski definition) is 0. The van der Waals surface area contributed by atoms with Gasteiger partial charge in [-0.3, -0.25) is 4.90 Å². The average molecular weight is 272 g/mol. The lowest BCUT2D eigenvalue weighted by molar-refractivity contribution is -0.113. The quantitative estimate of drug-likeness (QED) is 0.784. The van der Waals surface area contributed by atoms with Crippen LogP contribution in [0.5, 0.6) is 0 Å². The molecule has 1 aromatic rings. The Bertz CT molecular complexity index is 408. The van der Waals surface area contributed by atoms with Crippen LogP contribution in [0.1, 0.15) is 24.8 Å². The third-order valence-corrected chi connectivity index (χ3v) is 3.81. The molecule has 2 nitrogen and oxygen atoms in total. The first-order chi connectivity index (χ1) is 8.20. The highest BCUT2D eigenvalue weighted by Crippen LogP contribution is 2.25. The minimum Gasteiger partial charge on any atom is -0.302 e. The molecule has 1 aliphatic heterocycles. The van der Waals surface area contributed by atoms with Crippen molar-refractivity contribution in [1.29, 1.82) is 0 Å². The van der Waals surface area contributed by atoms with Gasteiger partial charge in [0.15, 0.2) is 0 Å². The van der Waals surface area contributed by atoms with E-state index in [1.807, 2.05) is 6.07 Å². The lowest BCUT2D eigenvalue weighted by Crippen LogP contribution is -2.39. The highest BCUT2D eigenvalue weighted by atomic mass is 35.5. The molecule has 0 bridgehead atoms. The minimum atomic E-state index is 0.0267. The number of likely N-dealkylation sites (tertiary alicyclic amines) is 1. The maximum atomic E-state index is 11.0. The summed E-state index contributed by atoms with van der Waals surface area (Å²) in [6.07, 6.45) is 4.25. The van der Waals surface area contributed by atoms with Crippen LogP contribution in [-0.2, 0) is 11.3 Å². The molecule has 1 atom stereocenters. The van der Waals surface area contributed by atoms with Crippen molar-refractivity contribution in [2.45, 2.75) is 31.8 Å². The van der Waals surface area contributed by atoms with E-state index in [9.17, 15) is 4.79 Å².